The molecule has 112 valence electrons. The van der Waals surface area contributed by atoms with Crippen LogP contribution in [0.15, 0.2) is 30.3 Å². The number of ether oxygens (including phenoxy) is 1. The fourth-order valence-corrected chi connectivity index (χ4v) is 2.91. The number of rotatable bonds is 4. The highest BCUT2D eigenvalue weighted by Gasteiger charge is 2.12. The average molecular weight is 314 g/mol. The van der Waals surface area contributed by atoms with Crippen LogP contribution in [0.5, 0.6) is 5.88 Å². The smallest absolute Gasteiger partial charge is 0.277 e. The Balaban J connectivity index is 1.79. The van der Waals surface area contributed by atoms with E-state index in [-0.39, 0.29) is 11.6 Å². The van der Waals surface area contributed by atoms with Gasteiger partial charge < -0.3 is 4.74 Å². The number of para-hydroxylation sites is 1. The van der Waals surface area contributed by atoms with Gasteiger partial charge in [-0.25, -0.2) is 4.98 Å². The van der Waals surface area contributed by atoms with Gasteiger partial charge in [-0.1, -0.05) is 23.5 Å². The summed E-state index contributed by atoms with van der Waals surface area (Å²) in [6.07, 6.45) is 0. The van der Waals surface area contributed by atoms with E-state index in [2.05, 4.69) is 20.5 Å². The number of aryl methyl sites for hydroxylation is 1. The number of carbonyl (C=O) groups excluding carboxylic acids is 1. The minimum Gasteiger partial charge on any atom is -0.477 e. The Morgan fingerprint density at radius 3 is 2.82 bits per heavy atom. The lowest BCUT2D eigenvalue weighted by molar-refractivity contribution is 0.102. The van der Waals surface area contributed by atoms with Crippen LogP contribution in [0.25, 0.3) is 10.2 Å². The number of benzene rings is 1. The molecule has 1 aromatic carbocycles. The van der Waals surface area contributed by atoms with Crippen molar-refractivity contribution in [1.82, 2.24) is 15.2 Å². The van der Waals surface area contributed by atoms with Crippen molar-refractivity contribution >= 4 is 32.6 Å². The summed E-state index contributed by atoms with van der Waals surface area (Å²) in [5.41, 5.74) is 2.20. The van der Waals surface area contributed by atoms with Gasteiger partial charge in [0.1, 0.15) is 0 Å². The van der Waals surface area contributed by atoms with E-state index in [0.29, 0.717) is 17.6 Å². The molecule has 0 fully saturated rings. The fourth-order valence-electron chi connectivity index (χ4n) is 1.97. The lowest BCUT2D eigenvalue weighted by Gasteiger charge is -2.02. The number of thiazole rings is 1. The largest absolute Gasteiger partial charge is 0.477 e. The Bertz CT molecular complexity index is 814. The first kappa shape index (κ1) is 14.4. The van der Waals surface area contributed by atoms with Crippen LogP contribution in [-0.2, 0) is 0 Å². The molecule has 6 nitrogen and oxygen atoms in total. The zero-order valence-electron chi connectivity index (χ0n) is 12.2. The molecule has 3 aromatic rings. The maximum Gasteiger partial charge on any atom is 0.277 e. The van der Waals surface area contributed by atoms with Crippen LogP contribution in [0.2, 0.25) is 0 Å². The Kier molecular flexibility index (Phi) is 3.97. The summed E-state index contributed by atoms with van der Waals surface area (Å²) < 4.78 is 6.23. The van der Waals surface area contributed by atoms with E-state index >= 15 is 0 Å². The number of nitrogens with zero attached hydrogens (tertiary/aromatic N) is 3. The predicted molar refractivity (Wildman–Crippen MR) is 85.5 cm³/mol. The molecule has 0 saturated carbocycles. The van der Waals surface area contributed by atoms with Gasteiger partial charge in [0.15, 0.2) is 10.8 Å². The van der Waals surface area contributed by atoms with Crippen molar-refractivity contribution in [3.05, 3.63) is 41.6 Å². The Morgan fingerprint density at radius 2 is 2.14 bits per heavy atom. The first-order valence-corrected chi connectivity index (χ1v) is 7.63. The number of nitrogens with one attached hydrogen (secondary N) is 1. The number of amides is 1. The van der Waals surface area contributed by atoms with Crippen LogP contribution in [0.1, 0.15) is 23.0 Å². The summed E-state index contributed by atoms with van der Waals surface area (Å²) in [4.78, 5) is 16.6. The SMILES string of the molecule is CCOc1ccc(C(=O)Nc2nc3c(C)cccc3s2)nn1. The maximum absolute atomic E-state index is 12.2. The van der Waals surface area contributed by atoms with E-state index in [1.807, 2.05) is 32.0 Å². The zero-order valence-corrected chi connectivity index (χ0v) is 13.0. The highest BCUT2D eigenvalue weighted by Crippen LogP contribution is 2.28. The van der Waals surface area contributed by atoms with Crippen LogP contribution in [0, 0.1) is 6.92 Å². The second kappa shape index (κ2) is 6.07. The van der Waals surface area contributed by atoms with E-state index in [1.165, 1.54) is 11.3 Å². The van der Waals surface area contributed by atoms with E-state index in [9.17, 15) is 4.79 Å². The quantitative estimate of drug-likeness (QED) is 0.801. The molecular weight excluding hydrogens is 300 g/mol. The van der Waals surface area contributed by atoms with Crippen molar-refractivity contribution in [3.63, 3.8) is 0 Å². The second-order valence-electron chi connectivity index (χ2n) is 4.58. The Morgan fingerprint density at radius 1 is 1.27 bits per heavy atom. The highest BCUT2D eigenvalue weighted by atomic mass is 32.1. The van der Waals surface area contributed by atoms with Gasteiger partial charge in [-0.15, -0.1) is 10.2 Å². The monoisotopic (exact) mass is 314 g/mol. The molecule has 7 heteroatoms. The summed E-state index contributed by atoms with van der Waals surface area (Å²) in [5, 5.41) is 11.0. The fraction of sp³-hybridized carbons (Fsp3) is 0.200. The standard InChI is InChI=1S/C15H14N4O2S/c1-3-21-12-8-7-10(18-19-12)14(20)17-15-16-13-9(2)5-4-6-11(13)22-15/h4-8H,3H2,1-2H3,(H,16,17,20). The summed E-state index contributed by atoms with van der Waals surface area (Å²) >= 11 is 1.43. The first-order valence-electron chi connectivity index (χ1n) is 6.81. The van der Waals surface area contributed by atoms with Crippen LogP contribution in [-0.4, -0.2) is 27.7 Å². The molecule has 0 aliphatic heterocycles. The van der Waals surface area contributed by atoms with Gasteiger partial charge >= 0.3 is 0 Å². The zero-order chi connectivity index (χ0) is 15.5. The van der Waals surface area contributed by atoms with Crippen molar-refractivity contribution < 1.29 is 9.53 Å². The van der Waals surface area contributed by atoms with Crippen molar-refractivity contribution in [1.29, 1.82) is 0 Å². The van der Waals surface area contributed by atoms with Gasteiger partial charge in [0.25, 0.3) is 5.91 Å². The van der Waals surface area contributed by atoms with Crippen molar-refractivity contribution in [2.45, 2.75) is 13.8 Å². The molecule has 22 heavy (non-hydrogen) atoms. The molecule has 0 aliphatic carbocycles. The Labute approximate surface area is 131 Å². The molecule has 0 saturated heterocycles. The Hall–Kier alpha value is -2.54. The summed E-state index contributed by atoms with van der Waals surface area (Å²) in [5.74, 6) is 0.0573. The molecule has 3 rings (SSSR count). The predicted octanol–water partition coefficient (Wildman–Crippen LogP) is 3.05. The third-order valence-electron chi connectivity index (χ3n) is 3.01. The molecule has 0 spiro atoms. The molecule has 0 radical (unpaired) electrons. The molecule has 1 amide bonds. The number of carbonyl (C=O) groups is 1. The molecule has 0 bridgehead atoms. The highest BCUT2D eigenvalue weighted by molar-refractivity contribution is 7.22. The van der Waals surface area contributed by atoms with Gasteiger partial charge in [0.2, 0.25) is 5.88 Å². The van der Waals surface area contributed by atoms with Crippen LogP contribution in [0.4, 0.5) is 5.13 Å². The number of anilines is 1. The average Bonchev–Trinajstić information content (AvgIpc) is 2.92. The molecule has 0 aliphatic rings. The van der Waals surface area contributed by atoms with Crippen molar-refractivity contribution in [2.24, 2.45) is 0 Å². The minimum atomic E-state index is -0.341. The van der Waals surface area contributed by atoms with Gasteiger partial charge in [-0.2, -0.15) is 0 Å². The van der Waals surface area contributed by atoms with Gasteiger partial charge in [0, 0.05) is 6.07 Å². The van der Waals surface area contributed by atoms with Crippen molar-refractivity contribution in [3.8, 4) is 5.88 Å². The first-order chi connectivity index (χ1) is 10.7. The van der Waals surface area contributed by atoms with Crippen LogP contribution >= 0.6 is 11.3 Å². The topological polar surface area (TPSA) is 77.0 Å². The molecule has 2 heterocycles. The minimum absolute atomic E-state index is 0.222. The number of aromatic nitrogens is 3. The normalized spacial score (nSPS) is 10.6. The third kappa shape index (κ3) is 2.89. The third-order valence-corrected chi connectivity index (χ3v) is 3.94. The summed E-state index contributed by atoms with van der Waals surface area (Å²) in [6, 6.07) is 9.14. The van der Waals surface area contributed by atoms with E-state index in [4.69, 9.17) is 4.74 Å². The molecule has 0 unspecified atom stereocenters. The van der Waals surface area contributed by atoms with Gasteiger partial charge in [0.05, 0.1) is 16.8 Å². The maximum atomic E-state index is 12.2. The lowest BCUT2D eigenvalue weighted by atomic mass is 10.2. The van der Waals surface area contributed by atoms with Crippen LogP contribution < -0.4 is 10.1 Å². The summed E-state index contributed by atoms with van der Waals surface area (Å²) in [7, 11) is 0. The van der Waals surface area contributed by atoms with Crippen LogP contribution in [0.3, 0.4) is 0 Å². The van der Waals surface area contributed by atoms with E-state index < -0.39 is 0 Å². The lowest BCUT2D eigenvalue weighted by Crippen LogP contribution is -2.14. The van der Waals surface area contributed by atoms with E-state index in [1.54, 1.807) is 12.1 Å². The number of hydrogen-bond donors (Lipinski definition) is 1. The molecule has 2 aromatic heterocycles. The number of hydrogen-bond acceptors (Lipinski definition) is 6. The molecule has 0 atom stereocenters. The van der Waals surface area contributed by atoms with Gasteiger partial charge in [-0.3, -0.25) is 10.1 Å². The molecular formula is C15H14N4O2S. The molecule has 1 N–H and O–H groups in total. The summed E-state index contributed by atoms with van der Waals surface area (Å²) in [6.45, 7) is 4.36. The number of fused-ring (bicyclic) bond motifs is 1. The second-order valence-corrected chi connectivity index (χ2v) is 5.62. The van der Waals surface area contributed by atoms with Crippen molar-refractivity contribution in [2.75, 3.05) is 11.9 Å². The van der Waals surface area contributed by atoms with Gasteiger partial charge in [-0.05, 0) is 31.5 Å². The van der Waals surface area contributed by atoms with E-state index in [0.717, 1.165) is 15.8 Å².